The molecule has 2 atom stereocenters. The van der Waals surface area contributed by atoms with Gasteiger partial charge >= 0.3 is 0 Å². The predicted octanol–water partition coefficient (Wildman–Crippen LogP) is 3.36. The van der Waals surface area contributed by atoms with Gasteiger partial charge in [-0.2, -0.15) is 0 Å². The number of rotatable bonds is 5. The molecule has 152 valence electrons. The number of carbonyl (C=O) groups excluding carboxylic acids is 1. The van der Waals surface area contributed by atoms with Crippen LogP contribution in [0.5, 0.6) is 11.5 Å². The third-order valence-electron chi connectivity index (χ3n) is 5.42. The number of aliphatic hydroxyl groups is 1. The number of ether oxygens (including phenoxy) is 2. The van der Waals surface area contributed by atoms with Crippen molar-refractivity contribution in [1.82, 2.24) is 5.32 Å². The Kier molecular flexibility index (Phi) is 5.71. The Hall–Kier alpha value is -2.99. The first kappa shape index (κ1) is 19.3. The number of methoxy groups -OCH3 is 1. The standard InChI is InChI=1S/C23H26N2O4/c1-28-17-8-6-7-16(13-17)14-25-15-22(29-21-12-5-3-10-19(21)25)23(27)24-18-9-2-4-11-20(18)26/h3,5-8,10,12-13,15,18,20,26H,2,4,9,11,14H2,1H3,(H,24,27)/t18-,20-/m0/s1. The summed E-state index contributed by atoms with van der Waals surface area (Å²) in [4.78, 5) is 14.9. The zero-order valence-corrected chi connectivity index (χ0v) is 16.5. The number of para-hydroxylation sites is 2. The summed E-state index contributed by atoms with van der Waals surface area (Å²) < 4.78 is 11.2. The van der Waals surface area contributed by atoms with Crippen LogP contribution in [-0.2, 0) is 11.3 Å². The summed E-state index contributed by atoms with van der Waals surface area (Å²) in [5.41, 5.74) is 1.95. The van der Waals surface area contributed by atoms with Crippen LogP contribution >= 0.6 is 0 Å². The quantitative estimate of drug-likeness (QED) is 0.814. The van der Waals surface area contributed by atoms with Gasteiger partial charge in [0.1, 0.15) is 5.75 Å². The Morgan fingerprint density at radius 1 is 1.21 bits per heavy atom. The molecule has 6 nitrogen and oxygen atoms in total. The minimum absolute atomic E-state index is 0.226. The molecular weight excluding hydrogens is 368 g/mol. The lowest BCUT2D eigenvalue weighted by Crippen LogP contribution is -2.46. The SMILES string of the molecule is COc1cccc(CN2C=C(C(=O)N[C@H]3CCCC[C@@H]3O)Oc3ccccc32)c1. The lowest BCUT2D eigenvalue weighted by atomic mass is 9.92. The third-order valence-corrected chi connectivity index (χ3v) is 5.42. The number of nitrogens with zero attached hydrogens (tertiary/aromatic N) is 1. The molecule has 0 saturated heterocycles. The zero-order valence-electron chi connectivity index (χ0n) is 16.5. The first-order chi connectivity index (χ1) is 14.1. The Bertz CT molecular complexity index is 911. The van der Waals surface area contributed by atoms with E-state index in [2.05, 4.69) is 5.32 Å². The topological polar surface area (TPSA) is 71.0 Å². The maximum Gasteiger partial charge on any atom is 0.288 e. The molecule has 0 unspecified atom stereocenters. The second-order valence-electron chi connectivity index (χ2n) is 7.47. The zero-order chi connectivity index (χ0) is 20.2. The Morgan fingerprint density at radius 2 is 2.03 bits per heavy atom. The van der Waals surface area contributed by atoms with E-state index in [9.17, 15) is 9.90 Å². The number of hydrogen-bond acceptors (Lipinski definition) is 5. The maximum atomic E-state index is 12.9. The van der Waals surface area contributed by atoms with Gasteiger partial charge in [0.05, 0.1) is 31.1 Å². The fourth-order valence-corrected chi connectivity index (χ4v) is 3.86. The van der Waals surface area contributed by atoms with E-state index >= 15 is 0 Å². The molecule has 1 fully saturated rings. The highest BCUT2D eigenvalue weighted by atomic mass is 16.5. The molecule has 4 rings (SSSR count). The molecule has 2 aromatic rings. The first-order valence-corrected chi connectivity index (χ1v) is 10.0. The normalized spacial score (nSPS) is 20.9. The van der Waals surface area contributed by atoms with Crippen molar-refractivity contribution in [3.63, 3.8) is 0 Å². The Labute approximate surface area is 170 Å². The van der Waals surface area contributed by atoms with E-state index in [0.29, 0.717) is 12.3 Å². The van der Waals surface area contributed by atoms with Crippen molar-refractivity contribution < 1.29 is 19.4 Å². The Balaban J connectivity index is 1.57. The summed E-state index contributed by atoms with van der Waals surface area (Å²) in [6.45, 7) is 0.570. The summed E-state index contributed by atoms with van der Waals surface area (Å²) in [6.07, 6.45) is 4.73. The first-order valence-electron chi connectivity index (χ1n) is 10.0. The average molecular weight is 394 g/mol. The van der Waals surface area contributed by atoms with E-state index in [4.69, 9.17) is 9.47 Å². The van der Waals surface area contributed by atoms with E-state index in [1.807, 2.05) is 53.4 Å². The van der Waals surface area contributed by atoms with Gasteiger partial charge in [0, 0.05) is 6.54 Å². The molecule has 2 N–H and O–H groups in total. The molecule has 1 aliphatic heterocycles. The number of fused-ring (bicyclic) bond motifs is 1. The number of anilines is 1. The van der Waals surface area contributed by atoms with Gasteiger partial charge in [0.15, 0.2) is 5.75 Å². The molecule has 0 radical (unpaired) electrons. The highest BCUT2D eigenvalue weighted by molar-refractivity contribution is 5.93. The van der Waals surface area contributed by atoms with Crippen LogP contribution in [0.1, 0.15) is 31.2 Å². The van der Waals surface area contributed by atoms with E-state index in [-0.39, 0.29) is 17.7 Å². The molecule has 1 amide bonds. The van der Waals surface area contributed by atoms with Gasteiger partial charge in [0.2, 0.25) is 5.76 Å². The van der Waals surface area contributed by atoms with Crippen molar-refractivity contribution in [2.45, 2.75) is 44.4 Å². The number of nitrogens with one attached hydrogen (secondary N) is 1. The summed E-state index contributed by atoms with van der Waals surface area (Å²) in [5, 5.41) is 13.1. The van der Waals surface area contributed by atoms with Gasteiger partial charge in [0.25, 0.3) is 5.91 Å². The molecule has 1 aliphatic carbocycles. The molecule has 0 bridgehead atoms. The molecule has 0 aromatic heterocycles. The fourth-order valence-electron chi connectivity index (χ4n) is 3.86. The van der Waals surface area contributed by atoms with Crippen LogP contribution < -0.4 is 19.7 Å². The smallest absolute Gasteiger partial charge is 0.288 e. The van der Waals surface area contributed by atoms with E-state index in [0.717, 1.165) is 42.7 Å². The van der Waals surface area contributed by atoms with Crippen LogP contribution in [0.25, 0.3) is 0 Å². The Morgan fingerprint density at radius 3 is 2.86 bits per heavy atom. The van der Waals surface area contributed by atoms with Gasteiger partial charge < -0.3 is 24.8 Å². The minimum atomic E-state index is -0.503. The molecular formula is C23H26N2O4. The average Bonchev–Trinajstić information content (AvgIpc) is 2.75. The number of hydrogen-bond donors (Lipinski definition) is 2. The second kappa shape index (κ2) is 8.57. The number of benzene rings is 2. The van der Waals surface area contributed by atoms with Crippen LogP contribution in [-0.4, -0.2) is 30.3 Å². The van der Waals surface area contributed by atoms with Crippen LogP contribution in [0.3, 0.4) is 0 Å². The summed E-state index contributed by atoms with van der Waals surface area (Å²) in [6, 6.07) is 15.3. The number of amides is 1. The molecule has 0 spiro atoms. The highest BCUT2D eigenvalue weighted by Crippen LogP contribution is 2.35. The lowest BCUT2D eigenvalue weighted by molar-refractivity contribution is -0.121. The second-order valence-corrected chi connectivity index (χ2v) is 7.47. The van der Waals surface area contributed by atoms with Gasteiger partial charge in [-0.3, -0.25) is 4.79 Å². The molecule has 2 aliphatic rings. The van der Waals surface area contributed by atoms with Crippen LogP contribution in [0.2, 0.25) is 0 Å². The van der Waals surface area contributed by atoms with E-state index in [1.165, 1.54) is 0 Å². The van der Waals surface area contributed by atoms with Gasteiger partial charge in [-0.25, -0.2) is 0 Å². The van der Waals surface area contributed by atoms with Crippen LogP contribution in [0.15, 0.2) is 60.5 Å². The van der Waals surface area contributed by atoms with Crippen molar-refractivity contribution in [3.05, 3.63) is 66.1 Å². The molecule has 1 heterocycles. The van der Waals surface area contributed by atoms with Crippen molar-refractivity contribution in [2.24, 2.45) is 0 Å². The number of aliphatic hydroxyl groups excluding tert-OH is 1. The van der Waals surface area contributed by atoms with Crippen LogP contribution in [0, 0.1) is 0 Å². The van der Waals surface area contributed by atoms with Crippen molar-refractivity contribution in [3.8, 4) is 11.5 Å². The fraction of sp³-hybridized carbons (Fsp3) is 0.348. The minimum Gasteiger partial charge on any atom is -0.497 e. The highest BCUT2D eigenvalue weighted by Gasteiger charge is 2.29. The van der Waals surface area contributed by atoms with Crippen molar-refractivity contribution >= 4 is 11.6 Å². The monoisotopic (exact) mass is 394 g/mol. The summed E-state index contributed by atoms with van der Waals surface area (Å²) >= 11 is 0. The summed E-state index contributed by atoms with van der Waals surface area (Å²) in [5.74, 6) is 1.34. The maximum absolute atomic E-state index is 12.9. The molecule has 29 heavy (non-hydrogen) atoms. The number of carbonyl (C=O) groups is 1. The molecule has 6 heteroatoms. The summed E-state index contributed by atoms with van der Waals surface area (Å²) in [7, 11) is 1.64. The molecule has 2 aromatic carbocycles. The predicted molar refractivity (Wildman–Crippen MR) is 111 cm³/mol. The van der Waals surface area contributed by atoms with Gasteiger partial charge in [-0.1, -0.05) is 37.1 Å². The van der Waals surface area contributed by atoms with Gasteiger partial charge in [-0.15, -0.1) is 0 Å². The largest absolute Gasteiger partial charge is 0.497 e. The van der Waals surface area contributed by atoms with Gasteiger partial charge in [-0.05, 0) is 42.7 Å². The lowest BCUT2D eigenvalue weighted by Gasteiger charge is -2.31. The van der Waals surface area contributed by atoms with Crippen LogP contribution in [0.4, 0.5) is 5.69 Å². The molecule has 1 saturated carbocycles. The van der Waals surface area contributed by atoms with E-state index in [1.54, 1.807) is 13.3 Å². The van der Waals surface area contributed by atoms with E-state index < -0.39 is 6.10 Å². The third kappa shape index (κ3) is 4.38. The van der Waals surface area contributed by atoms with Crippen molar-refractivity contribution in [2.75, 3.05) is 12.0 Å². The van der Waals surface area contributed by atoms with Crippen molar-refractivity contribution in [1.29, 1.82) is 0 Å².